The first-order chi connectivity index (χ1) is 6.31. The molecule has 0 saturated carbocycles. The molecule has 0 atom stereocenters. The Balaban J connectivity index is 1.97. The fourth-order valence-corrected chi connectivity index (χ4v) is 3.11. The predicted octanol–water partition coefficient (Wildman–Crippen LogP) is 1.90. The van der Waals surface area contributed by atoms with Gasteiger partial charge < -0.3 is 8.86 Å². The Labute approximate surface area is 84.3 Å². The summed E-state index contributed by atoms with van der Waals surface area (Å²) >= 11 is 1.93. The van der Waals surface area contributed by atoms with Crippen molar-refractivity contribution in [2.75, 3.05) is 19.6 Å². The minimum Gasteiger partial charge on any atom is -0.304 e. The van der Waals surface area contributed by atoms with Gasteiger partial charge >= 0.3 is 0 Å². The maximum absolute atomic E-state index is 2.59. The summed E-state index contributed by atoms with van der Waals surface area (Å²) in [5.41, 5.74) is 1.60. The molecule has 1 aromatic heterocycles. The van der Waals surface area contributed by atoms with E-state index in [1.807, 2.05) is 11.5 Å². The Hall–Kier alpha value is -0.280. The summed E-state index contributed by atoms with van der Waals surface area (Å²) in [4.78, 5) is 4.23. The van der Waals surface area contributed by atoms with Crippen LogP contribution < -0.4 is 0 Å². The molecule has 0 radical (unpaired) electrons. The molecule has 1 aliphatic rings. The van der Waals surface area contributed by atoms with E-state index in [1.165, 1.54) is 38.9 Å². The quantitative estimate of drug-likeness (QED) is 0.704. The highest BCUT2D eigenvalue weighted by Gasteiger charge is 2.18. The van der Waals surface area contributed by atoms with Gasteiger partial charge in [-0.2, -0.15) is 0 Å². The molecule has 0 fully saturated rings. The van der Waals surface area contributed by atoms with E-state index in [9.17, 15) is 0 Å². The van der Waals surface area contributed by atoms with Gasteiger partial charge in [-0.05, 0) is 19.4 Å². The molecule has 0 N–H and O–H groups in total. The Bertz CT molecular complexity index is 275. The van der Waals surface area contributed by atoms with Crippen LogP contribution in [0.2, 0.25) is 0 Å². The number of aromatic nitrogens is 1. The summed E-state index contributed by atoms with van der Waals surface area (Å²) in [6.45, 7) is 6.07. The standard InChI is InChI=1S/C10H18N2S/c1-3-6-12-7-4-9-10(5-8-12)13-11(9)2/h3-8H2,1-2H3. The minimum atomic E-state index is 1.26. The molecule has 1 aliphatic heterocycles. The molecule has 0 saturated heterocycles. The van der Waals surface area contributed by atoms with Crippen LogP contribution in [0.3, 0.4) is 0 Å². The molecule has 0 bridgehead atoms. The van der Waals surface area contributed by atoms with Crippen molar-refractivity contribution in [1.82, 2.24) is 8.86 Å². The molecule has 0 amide bonds. The van der Waals surface area contributed by atoms with Gasteiger partial charge in [0.05, 0.1) is 0 Å². The Kier molecular flexibility index (Phi) is 2.74. The Morgan fingerprint density at radius 2 is 2.08 bits per heavy atom. The SMILES string of the molecule is CCCN1CCc2sn(C)c2CC1. The van der Waals surface area contributed by atoms with Crippen LogP contribution in [0.1, 0.15) is 23.9 Å². The number of aryl methyl sites for hydroxylation is 1. The van der Waals surface area contributed by atoms with Crippen LogP contribution in [0.15, 0.2) is 0 Å². The highest BCUT2D eigenvalue weighted by atomic mass is 32.1. The number of hydrogen-bond acceptors (Lipinski definition) is 2. The summed E-state index contributed by atoms with van der Waals surface area (Å²) in [6, 6.07) is 0. The van der Waals surface area contributed by atoms with Crippen molar-refractivity contribution in [1.29, 1.82) is 0 Å². The minimum absolute atomic E-state index is 1.26. The third-order valence-corrected chi connectivity index (χ3v) is 3.96. The van der Waals surface area contributed by atoms with Crippen LogP contribution in [0, 0.1) is 0 Å². The smallest absolute Gasteiger partial charge is 0.0437 e. The molecule has 2 rings (SSSR count). The van der Waals surface area contributed by atoms with E-state index in [2.05, 4.69) is 22.8 Å². The lowest BCUT2D eigenvalue weighted by Crippen LogP contribution is -2.27. The van der Waals surface area contributed by atoms with E-state index in [0.717, 1.165) is 0 Å². The van der Waals surface area contributed by atoms with Gasteiger partial charge in [-0.3, -0.25) is 0 Å². The lowest BCUT2D eigenvalue weighted by atomic mass is 10.2. The second kappa shape index (κ2) is 3.84. The van der Waals surface area contributed by atoms with Crippen LogP contribution in [-0.2, 0) is 19.9 Å². The van der Waals surface area contributed by atoms with Gasteiger partial charge in [-0.1, -0.05) is 18.5 Å². The normalized spacial score (nSPS) is 18.6. The second-order valence-electron chi connectivity index (χ2n) is 3.80. The maximum atomic E-state index is 2.59. The maximum Gasteiger partial charge on any atom is 0.0437 e. The lowest BCUT2D eigenvalue weighted by molar-refractivity contribution is 0.288. The summed E-state index contributed by atoms with van der Waals surface area (Å²) in [5, 5.41) is 0. The fourth-order valence-electron chi connectivity index (χ4n) is 2.07. The van der Waals surface area contributed by atoms with Gasteiger partial charge in [0.1, 0.15) is 0 Å². The van der Waals surface area contributed by atoms with Crippen molar-refractivity contribution in [3.05, 3.63) is 10.6 Å². The second-order valence-corrected chi connectivity index (χ2v) is 5.02. The molecule has 74 valence electrons. The van der Waals surface area contributed by atoms with Crippen molar-refractivity contribution in [2.45, 2.75) is 26.2 Å². The van der Waals surface area contributed by atoms with Crippen LogP contribution in [0.25, 0.3) is 0 Å². The van der Waals surface area contributed by atoms with Gasteiger partial charge in [-0.15, -0.1) is 0 Å². The van der Waals surface area contributed by atoms with Gasteiger partial charge in [0.15, 0.2) is 0 Å². The molecule has 13 heavy (non-hydrogen) atoms. The zero-order valence-electron chi connectivity index (χ0n) is 8.55. The van der Waals surface area contributed by atoms with Gasteiger partial charge in [0.25, 0.3) is 0 Å². The molecule has 0 spiro atoms. The number of nitrogens with zero attached hydrogens (tertiary/aromatic N) is 2. The Morgan fingerprint density at radius 1 is 1.31 bits per heavy atom. The number of rotatable bonds is 2. The monoisotopic (exact) mass is 198 g/mol. The fraction of sp³-hybridized carbons (Fsp3) is 0.800. The van der Waals surface area contributed by atoms with Gasteiger partial charge in [0.2, 0.25) is 0 Å². The molecule has 0 aromatic carbocycles. The molecule has 0 unspecified atom stereocenters. The first-order valence-corrected chi connectivity index (χ1v) is 5.94. The molecule has 1 aromatic rings. The molecule has 2 heterocycles. The topological polar surface area (TPSA) is 8.17 Å². The summed E-state index contributed by atoms with van der Waals surface area (Å²) < 4.78 is 2.32. The highest BCUT2D eigenvalue weighted by molar-refractivity contribution is 7.07. The molecular formula is C10H18N2S. The highest BCUT2D eigenvalue weighted by Crippen LogP contribution is 2.24. The summed E-state index contributed by atoms with van der Waals surface area (Å²) in [5.74, 6) is 0. The van der Waals surface area contributed by atoms with Crippen LogP contribution in [0.4, 0.5) is 0 Å². The number of hydrogen-bond donors (Lipinski definition) is 0. The largest absolute Gasteiger partial charge is 0.304 e. The zero-order valence-corrected chi connectivity index (χ0v) is 9.36. The molecular weight excluding hydrogens is 180 g/mol. The first-order valence-electron chi connectivity index (χ1n) is 5.17. The average Bonchev–Trinajstić information content (AvgIpc) is 2.25. The van der Waals surface area contributed by atoms with Crippen molar-refractivity contribution in [2.24, 2.45) is 7.05 Å². The van der Waals surface area contributed by atoms with E-state index in [-0.39, 0.29) is 0 Å². The Morgan fingerprint density at radius 3 is 2.77 bits per heavy atom. The van der Waals surface area contributed by atoms with E-state index in [4.69, 9.17) is 0 Å². The van der Waals surface area contributed by atoms with Gasteiger partial charge in [-0.25, -0.2) is 0 Å². The van der Waals surface area contributed by atoms with Crippen molar-refractivity contribution in [3.63, 3.8) is 0 Å². The van der Waals surface area contributed by atoms with Crippen LogP contribution in [0.5, 0.6) is 0 Å². The van der Waals surface area contributed by atoms with E-state index >= 15 is 0 Å². The first kappa shape index (κ1) is 9.28. The third-order valence-electron chi connectivity index (χ3n) is 2.81. The number of fused-ring (bicyclic) bond motifs is 1. The van der Waals surface area contributed by atoms with Crippen molar-refractivity contribution in [3.8, 4) is 0 Å². The molecule has 0 aliphatic carbocycles. The van der Waals surface area contributed by atoms with Crippen LogP contribution in [-0.4, -0.2) is 28.5 Å². The molecule has 3 heteroatoms. The summed E-state index contributed by atoms with van der Waals surface area (Å²) in [7, 11) is 2.18. The average molecular weight is 198 g/mol. The molecule has 2 nitrogen and oxygen atoms in total. The zero-order chi connectivity index (χ0) is 9.26. The van der Waals surface area contributed by atoms with Crippen molar-refractivity contribution >= 4 is 11.5 Å². The van der Waals surface area contributed by atoms with E-state index < -0.39 is 0 Å². The van der Waals surface area contributed by atoms with Crippen LogP contribution >= 0.6 is 11.5 Å². The van der Waals surface area contributed by atoms with Gasteiger partial charge in [0, 0.05) is 37.1 Å². The third kappa shape index (κ3) is 1.81. The van der Waals surface area contributed by atoms with E-state index in [0.29, 0.717) is 0 Å². The predicted molar refractivity (Wildman–Crippen MR) is 57.4 cm³/mol. The summed E-state index contributed by atoms with van der Waals surface area (Å²) in [6.07, 6.45) is 3.83. The lowest BCUT2D eigenvalue weighted by Gasteiger charge is -2.17. The van der Waals surface area contributed by atoms with E-state index in [1.54, 1.807) is 10.6 Å². The van der Waals surface area contributed by atoms with Crippen molar-refractivity contribution < 1.29 is 0 Å².